The van der Waals surface area contributed by atoms with E-state index in [4.69, 9.17) is 11.5 Å². The lowest BCUT2D eigenvalue weighted by atomic mass is 9.79. The van der Waals surface area contributed by atoms with Crippen LogP contribution in [-0.4, -0.2) is 44.4 Å². The standard InChI is InChI=1S/C24H34N6O/c1-23(2)11-16(12-24(3,4)29-23)30(5)21(26)7-6-19(25)18-9-14-8-15-13-27-28-22(15)17(14)10-20(18)31/h6-7,9-10,13,16,29,31H,8,11-12,25-26H2,1-5H3,(H,27,28)/b19-6-,21-7+. The summed E-state index contributed by atoms with van der Waals surface area (Å²) in [5.74, 6) is 0.806. The molecule has 1 aromatic carbocycles. The Morgan fingerprint density at radius 3 is 2.48 bits per heavy atom. The molecule has 4 rings (SSSR count). The second-order valence-electron chi connectivity index (χ2n) is 10.3. The van der Waals surface area contributed by atoms with Gasteiger partial charge in [-0.2, -0.15) is 5.10 Å². The number of aromatic nitrogens is 2. The van der Waals surface area contributed by atoms with Crippen molar-refractivity contribution in [3.63, 3.8) is 0 Å². The fourth-order valence-corrected chi connectivity index (χ4v) is 5.26. The van der Waals surface area contributed by atoms with Crippen molar-refractivity contribution >= 4 is 5.70 Å². The molecule has 2 aliphatic rings. The molecule has 1 aliphatic carbocycles. The minimum Gasteiger partial charge on any atom is -0.507 e. The van der Waals surface area contributed by atoms with Crippen molar-refractivity contribution in [1.29, 1.82) is 0 Å². The number of fused-ring (bicyclic) bond motifs is 3. The molecule has 0 saturated carbocycles. The average Bonchev–Trinajstić information content (AvgIpc) is 3.23. The minimum atomic E-state index is 0.0416. The van der Waals surface area contributed by atoms with Crippen LogP contribution in [0.3, 0.4) is 0 Å². The van der Waals surface area contributed by atoms with E-state index >= 15 is 0 Å². The van der Waals surface area contributed by atoms with Crippen LogP contribution in [0.1, 0.15) is 57.2 Å². The molecule has 1 fully saturated rings. The van der Waals surface area contributed by atoms with Gasteiger partial charge in [-0.05, 0) is 70.4 Å². The van der Waals surface area contributed by atoms with Gasteiger partial charge in [-0.15, -0.1) is 0 Å². The van der Waals surface area contributed by atoms with Crippen LogP contribution in [0.2, 0.25) is 0 Å². The first-order chi connectivity index (χ1) is 14.5. The Kier molecular flexibility index (Phi) is 5.04. The molecule has 1 saturated heterocycles. The molecule has 2 aromatic rings. The highest BCUT2D eigenvalue weighted by molar-refractivity contribution is 5.80. The zero-order chi connectivity index (χ0) is 22.6. The molecule has 7 heteroatoms. The number of rotatable bonds is 4. The summed E-state index contributed by atoms with van der Waals surface area (Å²) in [5.41, 5.74) is 18.1. The maximum Gasteiger partial charge on any atom is 0.125 e. The van der Waals surface area contributed by atoms with Crippen LogP contribution in [0.4, 0.5) is 0 Å². The largest absolute Gasteiger partial charge is 0.507 e. The summed E-state index contributed by atoms with van der Waals surface area (Å²) in [5, 5.41) is 21.4. The number of nitrogens with two attached hydrogens (primary N) is 2. The van der Waals surface area contributed by atoms with Gasteiger partial charge in [0.2, 0.25) is 0 Å². The number of allylic oxidation sites excluding steroid dienone is 2. The number of aromatic amines is 1. The Balaban J connectivity index is 1.54. The molecule has 7 nitrogen and oxygen atoms in total. The van der Waals surface area contributed by atoms with Gasteiger partial charge in [-0.25, -0.2) is 0 Å². The zero-order valence-corrected chi connectivity index (χ0v) is 19.1. The fraction of sp³-hybridized carbons (Fsp3) is 0.458. The van der Waals surface area contributed by atoms with Gasteiger partial charge in [-0.3, -0.25) is 5.10 Å². The van der Waals surface area contributed by atoms with Crippen molar-refractivity contribution in [2.45, 2.75) is 64.1 Å². The Bertz CT molecular complexity index is 1050. The third-order valence-electron chi connectivity index (χ3n) is 6.46. The van der Waals surface area contributed by atoms with Crippen LogP contribution in [0.5, 0.6) is 5.75 Å². The van der Waals surface area contributed by atoms with Gasteiger partial charge in [0, 0.05) is 53.0 Å². The SMILES string of the molecule is CN(/C(N)=C/C=C(\N)c1cc2c(cc1O)-c1[nH]ncc1C2)C1CC(C)(C)NC(C)(C)C1. The summed E-state index contributed by atoms with van der Waals surface area (Å²) in [7, 11) is 2.03. The molecule has 31 heavy (non-hydrogen) atoms. The van der Waals surface area contributed by atoms with Crippen molar-refractivity contribution in [1.82, 2.24) is 20.4 Å². The molecule has 166 valence electrons. The van der Waals surface area contributed by atoms with Crippen LogP contribution in [0.25, 0.3) is 17.0 Å². The van der Waals surface area contributed by atoms with Crippen LogP contribution in [-0.2, 0) is 6.42 Å². The van der Waals surface area contributed by atoms with Gasteiger partial charge in [-0.1, -0.05) is 0 Å². The number of H-pyrrole nitrogens is 1. The summed E-state index contributed by atoms with van der Waals surface area (Å²) in [4.78, 5) is 2.14. The average molecular weight is 423 g/mol. The summed E-state index contributed by atoms with van der Waals surface area (Å²) in [6.45, 7) is 8.93. The Hall–Kier alpha value is -2.93. The van der Waals surface area contributed by atoms with E-state index in [9.17, 15) is 5.11 Å². The number of aromatic hydroxyl groups is 1. The van der Waals surface area contributed by atoms with E-state index in [0.717, 1.165) is 41.6 Å². The number of piperidine rings is 1. The molecule has 0 atom stereocenters. The third-order valence-corrected chi connectivity index (χ3v) is 6.46. The van der Waals surface area contributed by atoms with Crippen LogP contribution in [0, 0.1) is 0 Å². The van der Waals surface area contributed by atoms with Crippen molar-refractivity contribution in [2.75, 3.05) is 7.05 Å². The quantitative estimate of drug-likeness (QED) is 0.413. The Labute approximate surface area is 184 Å². The molecule has 0 bridgehead atoms. The first-order valence-electron chi connectivity index (χ1n) is 10.8. The molecule has 0 radical (unpaired) electrons. The van der Waals surface area contributed by atoms with E-state index in [1.54, 1.807) is 12.1 Å². The Morgan fingerprint density at radius 2 is 1.81 bits per heavy atom. The smallest absolute Gasteiger partial charge is 0.125 e. The number of nitrogens with zero attached hydrogens (tertiary/aromatic N) is 2. The lowest BCUT2D eigenvalue weighted by molar-refractivity contribution is 0.0981. The third kappa shape index (κ3) is 4.14. The maximum atomic E-state index is 10.6. The molecule has 0 spiro atoms. The summed E-state index contributed by atoms with van der Waals surface area (Å²) < 4.78 is 0. The van der Waals surface area contributed by atoms with Gasteiger partial charge in [0.15, 0.2) is 0 Å². The van der Waals surface area contributed by atoms with Crippen molar-refractivity contribution in [3.05, 3.63) is 53.0 Å². The van der Waals surface area contributed by atoms with Gasteiger partial charge < -0.3 is 26.8 Å². The second kappa shape index (κ2) is 7.34. The van der Waals surface area contributed by atoms with Crippen LogP contribution < -0.4 is 16.8 Å². The van der Waals surface area contributed by atoms with Crippen LogP contribution in [0.15, 0.2) is 36.3 Å². The monoisotopic (exact) mass is 422 g/mol. The fourth-order valence-electron chi connectivity index (χ4n) is 5.26. The molecule has 2 heterocycles. The summed E-state index contributed by atoms with van der Waals surface area (Å²) in [6.07, 6.45) is 8.22. The Morgan fingerprint density at radius 1 is 1.13 bits per heavy atom. The number of hydrogen-bond donors (Lipinski definition) is 5. The highest BCUT2D eigenvalue weighted by Gasteiger charge is 2.39. The molecule has 7 N–H and O–H groups in total. The highest BCUT2D eigenvalue weighted by atomic mass is 16.3. The number of nitrogens with one attached hydrogen (secondary N) is 2. The van der Waals surface area contributed by atoms with Gasteiger partial charge in [0.1, 0.15) is 5.75 Å². The lowest BCUT2D eigenvalue weighted by Gasteiger charge is -2.49. The van der Waals surface area contributed by atoms with Gasteiger partial charge >= 0.3 is 0 Å². The van der Waals surface area contributed by atoms with E-state index in [1.165, 1.54) is 0 Å². The number of phenols is 1. The topological polar surface area (TPSA) is 116 Å². The zero-order valence-electron chi connectivity index (χ0n) is 19.1. The predicted octanol–water partition coefficient (Wildman–Crippen LogP) is 3.03. The van der Waals surface area contributed by atoms with Crippen LogP contribution >= 0.6 is 0 Å². The molecule has 1 aromatic heterocycles. The van der Waals surface area contributed by atoms with Crippen molar-refractivity contribution in [3.8, 4) is 17.0 Å². The van der Waals surface area contributed by atoms with Crippen molar-refractivity contribution < 1.29 is 5.11 Å². The molecular weight excluding hydrogens is 388 g/mol. The van der Waals surface area contributed by atoms with E-state index in [-0.39, 0.29) is 16.8 Å². The van der Waals surface area contributed by atoms with E-state index in [0.29, 0.717) is 23.1 Å². The second-order valence-corrected chi connectivity index (χ2v) is 10.3. The van der Waals surface area contributed by atoms with Gasteiger partial charge in [0.05, 0.1) is 17.7 Å². The normalized spacial score (nSPS) is 20.4. The molecule has 0 unspecified atom stereocenters. The minimum absolute atomic E-state index is 0.0416. The summed E-state index contributed by atoms with van der Waals surface area (Å²) in [6, 6.07) is 4.04. The maximum absolute atomic E-state index is 10.6. The van der Waals surface area contributed by atoms with Crippen molar-refractivity contribution in [2.24, 2.45) is 11.5 Å². The lowest BCUT2D eigenvalue weighted by Crippen LogP contribution is -2.61. The molecule has 1 aliphatic heterocycles. The molecular formula is C24H34N6O. The highest BCUT2D eigenvalue weighted by Crippen LogP contribution is 2.39. The van der Waals surface area contributed by atoms with E-state index in [1.807, 2.05) is 25.4 Å². The number of phenolic OH excluding ortho intramolecular Hbond substituents is 1. The van der Waals surface area contributed by atoms with Gasteiger partial charge in [0.25, 0.3) is 0 Å². The number of benzene rings is 1. The van der Waals surface area contributed by atoms with E-state index in [2.05, 4.69) is 48.1 Å². The molecule has 0 amide bonds. The number of hydrogen-bond acceptors (Lipinski definition) is 6. The first-order valence-corrected chi connectivity index (χ1v) is 10.8. The predicted molar refractivity (Wildman–Crippen MR) is 125 cm³/mol. The summed E-state index contributed by atoms with van der Waals surface area (Å²) >= 11 is 0. The van der Waals surface area contributed by atoms with E-state index < -0.39 is 0 Å². The first kappa shape index (κ1) is 21.3.